The zero-order valence-electron chi connectivity index (χ0n) is 15.5. The van der Waals surface area contributed by atoms with Crippen molar-refractivity contribution in [3.05, 3.63) is 35.1 Å². The molecule has 142 valence electrons. The van der Waals surface area contributed by atoms with Crippen molar-refractivity contribution in [2.45, 2.75) is 51.5 Å². The first-order valence-corrected chi connectivity index (χ1v) is 10.1. The molecule has 6 heteroatoms. The topological polar surface area (TPSA) is 77.8 Å². The van der Waals surface area contributed by atoms with Gasteiger partial charge in [0, 0.05) is 18.4 Å². The van der Waals surface area contributed by atoms with Gasteiger partial charge in [-0.3, -0.25) is 4.79 Å². The predicted molar refractivity (Wildman–Crippen MR) is 105 cm³/mol. The highest BCUT2D eigenvalue weighted by Gasteiger charge is 2.53. The zero-order chi connectivity index (χ0) is 19.0. The van der Waals surface area contributed by atoms with E-state index in [1.165, 1.54) is 50.9 Å². The van der Waals surface area contributed by atoms with Gasteiger partial charge in [-0.1, -0.05) is 11.6 Å². The van der Waals surface area contributed by atoms with E-state index in [0.717, 1.165) is 17.8 Å². The van der Waals surface area contributed by atoms with Crippen molar-refractivity contribution in [2.24, 2.45) is 23.2 Å². The molecule has 1 amide bonds. The van der Waals surface area contributed by atoms with E-state index in [9.17, 15) is 10.1 Å². The summed E-state index contributed by atoms with van der Waals surface area (Å²) in [6.07, 6.45) is 10.7. The number of rotatable bonds is 5. The van der Waals surface area contributed by atoms with Crippen LogP contribution in [0.25, 0.3) is 0 Å². The monoisotopic (exact) mass is 384 g/mol. The Morgan fingerprint density at radius 3 is 2.44 bits per heavy atom. The van der Waals surface area contributed by atoms with Gasteiger partial charge in [0.2, 0.25) is 0 Å². The molecule has 1 atom stereocenters. The number of carbonyl (C=O) groups is 1. The van der Waals surface area contributed by atoms with Crippen LogP contribution in [0.15, 0.2) is 30.1 Å². The van der Waals surface area contributed by atoms with E-state index < -0.39 is 0 Å². The SMILES string of the molecule is CC(NC(=O)/C(C#N)=C\Nc1ccc(Cl)cn1)C12CC3CC(CC(C3)C1)C2. The van der Waals surface area contributed by atoms with Gasteiger partial charge in [-0.05, 0) is 80.8 Å². The molecule has 4 fully saturated rings. The molecule has 0 spiro atoms. The number of anilines is 1. The Hall–Kier alpha value is -2.06. The second kappa shape index (κ2) is 7.16. The van der Waals surface area contributed by atoms with Gasteiger partial charge in [0.1, 0.15) is 17.5 Å². The van der Waals surface area contributed by atoms with Gasteiger partial charge in [0.05, 0.1) is 5.02 Å². The van der Waals surface area contributed by atoms with Crippen molar-refractivity contribution in [1.82, 2.24) is 10.3 Å². The van der Waals surface area contributed by atoms with Crippen LogP contribution in [0.4, 0.5) is 5.82 Å². The smallest absolute Gasteiger partial charge is 0.263 e. The number of hydrogen-bond donors (Lipinski definition) is 2. The number of nitrogens with one attached hydrogen (secondary N) is 2. The van der Waals surface area contributed by atoms with Crippen LogP contribution in [0, 0.1) is 34.5 Å². The number of aromatic nitrogens is 1. The predicted octanol–water partition coefficient (Wildman–Crippen LogP) is 4.28. The Morgan fingerprint density at radius 2 is 1.93 bits per heavy atom. The summed E-state index contributed by atoms with van der Waals surface area (Å²) in [5.74, 6) is 2.72. The Bertz CT molecular complexity index is 760. The van der Waals surface area contributed by atoms with Gasteiger partial charge >= 0.3 is 0 Å². The second-order valence-corrected chi connectivity index (χ2v) is 9.09. The molecule has 5 rings (SSSR count). The molecule has 1 aromatic rings. The number of amides is 1. The summed E-state index contributed by atoms with van der Waals surface area (Å²) in [5.41, 5.74) is 0.277. The largest absolute Gasteiger partial charge is 0.348 e. The van der Waals surface area contributed by atoms with Crippen LogP contribution < -0.4 is 10.6 Å². The van der Waals surface area contributed by atoms with Gasteiger partial charge in [-0.25, -0.2) is 4.98 Å². The van der Waals surface area contributed by atoms with Crippen molar-refractivity contribution in [2.75, 3.05) is 5.32 Å². The lowest BCUT2D eigenvalue weighted by atomic mass is 9.48. The van der Waals surface area contributed by atoms with Crippen LogP contribution in [-0.4, -0.2) is 16.9 Å². The Kier molecular flexibility index (Phi) is 4.86. The highest BCUT2D eigenvalue weighted by atomic mass is 35.5. The van der Waals surface area contributed by atoms with Crippen LogP contribution in [0.2, 0.25) is 5.02 Å². The van der Waals surface area contributed by atoms with E-state index in [1.807, 2.05) is 6.07 Å². The first-order valence-electron chi connectivity index (χ1n) is 9.76. The summed E-state index contributed by atoms with van der Waals surface area (Å²) in [5, 5.41) is 16.0. The van der Waals surface area contributed by atoms with E-state index in [4.69, 9.17) is 11.6 Å². The van der Waals surface area contributed by atoms with Gasteiger partial charge < -0.3 is 10.6 Å². The van der Waals surface area contributed by atoms with E-state index >= 15 is 0 Å². The van der Waals surface area contributed by atoms with Gasteiger partial charge in [0.25, 0.3) is 5.91 Å². The van der Waals surface area contributed by atoms with Crippen LogP contribution in [0.5, 0.6) is 0 Å². The average molecular weight is 385 g/mol. The second-order valence-electron chi connectivity index (χ2n) is 8.65. The fraction of sp³-hybridized carbons (Fsp3) is 0.571. The molecule has 1 unspecified atom stereocenters. The van der Waals surface area contributed by atoms with Gasteiger partial charge in [0.15, 0.2) is 0 Å². The minimum absolute atomic E-state index is 0.0586. The third-order valence-corrected chi connectivity index (χ3v) is 7.03. The number of nitriles is 1. The molecule has 4 saturated carbocycles. The van der Waals surface area contributed by atoms with Crippen LogP contribution in [0.1, 0.15) is 45.4 Å². The van der Waals surface area contributed by atoms with Crippen molar-refractivity contribution >= 4 is 23.3 Å². The quantitative estimate of drug-likeness (QED) is 0.586. The molecule has 0 aliphatic heterocycles. The molecule has 27 heavy (non-hydrogen) atoms. The number of nitrogens with zero attached hydrogens (tertiary/aromatic N) is 2. The lowest BCUT2D eigenvalue weighted by Crippen LogP contribution is -2.56. The summed E-state index contributed by atoms with van der Waals surface area (Å²) in [7, 11) is 0. The third-order valence-electron chi connectivity index (χ3n) is 6.81. The third kappa shape index (κ3) is 3.68. The van der Waals surface area contributed by atoms with Crippen molar-refractivity contribution in [1.29, 1.82) is 5.26 Å². The summed E-state index contributed by atoms with van der Waals surface area (Å²) in [4.78, 5) is 16.8. The normalized spacial score (nSPS) is 32.6. The lowest BCUT2D eigenvalue weighted by molar-refractivity contribution is -0.122. The first-order chi connectivity index (χ1) is 13.0. The van der Waals surface area contributed by atoms with Crippen LogP contribution in [-0.2, 0) is 4.79 Å². The maximum Gasteiger partial charge on any atom is 0.263 e. The van der Waals surface area contributed by atoms with Gasteiger partial charge in [-0.15, -0.1) is 0 Å². The molecule has 4 aliphatic carbocycles. The van der Waals surface area contributed by atoms with Crippen molar-refractivity contribution in [3.63, 3.8) is 0 Å². The summed E-state index contributed by atoms with van der Waals surface area (Å²) in [6.45, 7) is 2.12. The molecule has 0 aromatic carbocycles. The molecule has 2 N–H and O–H groups in total. The van der Waals surface area contributed by atoms with Crippen molar-refractivity contribution < 1.29 is 4.79 Å². The highest BCUT2D eigenvalue weighted by Crippen LogP contribution is 2.61. The maximum atomic E-state index is 12.7. The molecule has 4 bridgehead atoms. The average Bonchev–Trinajstić information content (AvgIpc) is 2.62. The Balaban J connectivity index is 1.42. The maximum absolute atomic E-state index is 12.7. The fourth-order valence-electron chi connectivity index (χ4n) is 5.89. The molecule has 1 aromatic heterocycles. The van der Waals surface area contributed by atoms with Crippen LogP contribution in [0.3, 0.4) is 0 Å². The molecule has 0 radical (unpaired) electrons. The van der Waals surface area contributed by atoms with E-state index in [2.05, 4.69) is 22.5 Å². The van der Waals surface area contributed by atoms with E-state index in [0.29, 0.717) is 10.8 Å². The molecular weight excluding hydrogens is 360 g/mol. The zero-order valence-corrected chi connectivity index (χ0v) is 16.3. The number of carbonyl (C=O) groups excluding carboxylic acids is 1. The Labute approximate surface area is 165 Å². The van der Waals surface area contributed by atoms with Crippen molar-refractivity contribution in [3.8, 4) is 6.07 Å². The van der Waals surface area contributed by atoms with Gasteiger partial charge in [-0.2, -0.15) is 5.26 Å². The molecule has 5 nitrogen and oxygen atoms in total. The Morgan fingerprint density at radius 1 is 1.30 bits per heavy atom. The minimum Gasteiger partial charge on any atom is -0.348 e. The molecular formula is C21H25ClN4O. The first kappa shape index (κ1) is 18.3. The van der Waals surface area contributed by atoms with E-state index in [-0.39, 0.29) is 22.9 Å². The molecule has 1 heterocycles. The molecule has 4 aliphatic rings. The number of halogens is 1. The minimum atomic E-state index is -0.317. The number of pyridine rings is 1. The van der Waals surface area contributed by atoms with Crippen LogP contribution >= 0.6 is 11.6 Å². The summed E-state index contributed by atoms with van der Waals surface area (Å²) in [6, 6.07) is 5.48. The standard InChI is InChI=1S/C21H25ClN4O/c1-13(21-7-14-4-15(8-21)6-16(5-14)9-21)26-20(27)17(10-23)11-24-19-3-2-18(22)12-25-19/h2-3,11-16H,4-9H2,1H3,(H,24,25)(H,26,27)/b17-11-. The fourth-order valence-corrected chi connectivity index (χ4v) is 6.00. The number of hydrogen-bond acceptors (Lipinski definition) is 4. The van der Waals surface area contributed by atoms with E-state index in [1.54, 1.807) is 12.1 Å². The lowest BCUT2D eigenvalue weighted by Gasteiger charge is -2.59. The highest BCUT2D eigenvalue weighted by molar-refractivity contribution is 6.30. The summed E-state index contributed by atoms with van der Waals surface area (Å²) >= 11 is 5.82. The summed E-state index contributed by atoms with van der Waals surface area (Å²) < 4.78 is 0. The molecule has 0 saturated heterocycles.